The van der Waals surface area contributed by atoms with Gasteiger partial charge in [-0.3, -0.25) is 0 Å². The Balaban J connectivity index is 1.76. The first-order valence-electron chi connectivity index (χ1n) is 8.07. The summed E-state index contributed by atoms with van der Waals surface area (Å²) in [5, 5.41) is 0. The standard InChI is InChI=1S/C18H27BrO/c1-3-5-6-14-7-9-16(10-8-14)18(19)13-15-11-17(12-15)20-4-2/h7-10,15,17-18H,3-6,11-13H2,1-2H3. The summed E-state index contributed by atoms with van der Waals surface area (Å²) >= 11 is 3.86. The Bertz CT molecular complexity index is 381. The molecule has 0 radical (unpaired) electrons. The van der Waals surface area contributed by atoms with Crippen molar-refractivity contribution < 1.29 is 4.74 Å². The molecule has 1 aliphatic rings. The fraction of sp³-hybridized carbons (Fsp3) is 0.667. The van der Waals surface area contributed by atoms with Gasteiger partial charge in [0.1, 0.15) is 0 Å². The van der Waals surface area contributed by atoms with Crippen molar-refractivity contribution in [3.63, 3.8) is 0 Å². The minimum absolute atomic E-state index is 0.496. The molecule has 1 unspecified atom stereocenters. The van der Waals surface area contributed by atoms with Gasteiger partial charge in [-0.15, -0.1) is 0 Å². The first kappa shape index (κ1) is 16.0. The van der Waals surface area contributed by atoms with Gasteiger partial charge in [-0.2, -0.15) is 0 Å². The summed E-state index contributed by atoms with van der Waals surface area (Å²) in [5.41, 5.74) is 2.89. The van der Waals surface area contributed by atoms with Crippen LogP contribution < -0.4 is 0 Å². The molecule has 0 heterocycles. The molecular weight excluding hydrogens is 312 g/mol. The van der Waals surface area contributed by atoms with Crippen molar-refractivity contribution in [1.82, 2.24) is 0 Å². The van der Waals surface area contributed by atoms with Crippen molar-refractivity contribution >= 4 is 15.9 Å². The van der Waals surface area contributed by atoms with Crippen LogP contribution in [0.1, 0.15) is 61.9 Å². The highest BCUT2D eigenvalue weighted by Gasteiger charge is 2.31. The second-order valence-corrected chi connectivity index (χ2v) is 7.07. The molecule has 1 saturated carbocycles. The maximum absolute atomic E-state index is 5.63. The van der Waals surface area contributed by atoms with Crippen molar-refractivity contribution in [2.75, 3.05) is 6.61 Å². The molecule has 0 aliphatic heterocycles. The summed E-state index contributed by atoms with van der Waals surface area (Å²) in [5.74, 6) is 0.829. The molecule has 0 saturated heterocycles. The van der Waals surface area contributed by atoms with E-state index in [9.17, 15) is 0 Å². The molecule has 2 heteroatoms. The quantitative estimate of drug-likeness (QED) is 0.555. The molecule has 0 spiro atoms. The van der Waals surface area contributed by atoms with Gasteiger partial charge in [-0.05, 0) is 56.1 Å². The molecule has 1 aliphatic carbocycles. The van der Waals surface area contributed by atoms with E-state index in [1.165, 1.54) is 49.7 Å². The van der Waals surface area contributed by atoms with Gasteiger partial charge < -0.3 is 4.74 Å². The van der Waals surface area contributed by atoms with Crippen molar-refractivity contribution in [2.24, 2.45) is 5.92 Å². The van der Waals surface area contributed by atoms with Crippen LogP contribution in [0.15, 0.2) is 24.3 Å². The van der Waals surface area contributed by atoms with Crippen LogP contribution in [0.25, 0.3) is 0 Å². The smallest absolute Gasteiger partial charge is 0.0580 e. The summed E-state index contributed by atoms with van der Waals surface area (Å²) in [6.45, 7) is 5.19. The van der Waals surface area contributed by atoms with Crippen LogP contribution in [0, 0.1) is 5.92 Å². The van der Waals surface area contributed by atoms with Crippen LogP contribution in [0.3, 0.4) is 0 Å². The van der Waals surface area contributed by atoms with Crippen molar-refractivity contribution in [2.45, 2.75) is 63.3 Å². The molecule has 1 aromatic carbocycles. The van der Waals surface area contributed by atoms with E-state index in [1.807, 2.05) is 0 Å². The molecule has 0 amide bonds. The molecular formula is C18H27BrO. The lowest BCUT2D eigenvalue weighted by Crippen LogP contribution is -2.31. The zero-order valence-corrected chi connectivity index (χ0v) is 14.4. The third-order valence-electron chi connectivity index (χ3n) is 4.30. The van der Waals surface area contributed by atoms with Crippen LogP contribution >= 0.6 is 15.9 Å². The predicted molar refractivity (Wildman–Crippen MR) is 89.5 cm³/mol. The van der Waals surface area contributed by atoms with Crippen molar-refractivity contribution in [3.05, 3.63) is 35.4 Å². The summed E-state index contributed by atoms with van der Waals surface area (Å²) in [7, 11) is 0. The lowest BCUT2D eigenvalue weighted by Gasteiger charge is -2.36. The molecule has 112 valence electrons. The normalized spacial score (nSPS) is 23.4. The van der Waals surface area contributed by atoms with Gasteiger partial charge in [0.05, 0.1) is 6.10 Å². The van der Waals surface area contributed by atoms with E-state index in [0.29, 0.717) is 10.9 Å². The van der Waals surface area contributed by atoms with E-state index < -0.39 is 0 Å². The number of aryl methyl sites for hydroxylation is 1. The summed E-state index contributed by atoms with van der Waals surface area (Å²) in [6, 6.07) is 9.18. The van der Waals surface area contributed by atoms with Crippen LogP contribution in [-0.4, -0.2) is 12.7 Å². The molecule has 1 atom stereocenters. The number of halogens is 1. The molecule has 1 fully saturated rings. The van der Waals surface area contributed by atoms with E-state index in [4.69, 9.17) is 4.74 Å². The van der Waals surface area contributed by atoms with Gasteiger partial charge in [0.25, 0.3) is 0 Å². The highest BCUT2D eigenvalue weighted by molar-refractivity contribution is 9.09. The molecule has 0 N–H and O–H groups in total. The number of rotatable bonds is 8. The van der Waals surface area contributed by atoms with Crippen LogP contribution in [-0.2, 0) is 11.2 Å². The van der Waals surface area contributed by atoms with Gasteiger partial charge >= 0.3 is 0 Å². The average molecular weight is 339 g/mol. The minimum Gasteiger partial charge on any atom is -0.378 e. The predicted octanol–water partition coefficient (Wildman–Crippen LogP) is 5.67. The number of hydrogen-bond donors (Lipinski definition) is 0. The maximum atomic E-state index is 5.63. The van der Waals surface area contributed by atoms with Gasteiger partial charge in [0.2, 0.25) is 0 Å². The van der Waals surface area contributed by atoms with Gasteiger partial charge in [-0.25, -0.2) is 0 Å². The van der Waals surface area contributed by atoms with Crippen LogP contribution in [0.2, 0.25) is 0 Å². The van der Waals surface area contributed by atoms with Crippen LogP contribution in [0.4, 0.5) is 0 Å². The maximum Gasteiger partial charge on any atom is 0.0580 e. The number of hydrogen-bond acceptors (Lipinski definition) is 1. The molecule has 20 heavy (non-hydrogen) atoms. The lowest BCUT2D eigenvalue weighted by molar-refractivity contribution is -0.0264. The van der Waals surface area contributed by atoms with E-state index in [1.54, 1.807) is 0 Å². The topological polar surface area (TPSA) is 9.23 Å². The lowest BCUT2D eigenvalue weighted by atomic mass is 9.78. The van der Waals surface area contributed by atoms with E-state index in [0.717, 1.165) is 12.5 Å². The Morgan fingerprint density at radius 1 is 1.20 bits per heavy atom. The molecule has 0 aromatic heterocycles. The second kappa shape index (κ2) is 8.19. The first-order valence-corrected chi connectivity index (χ1v) is 8.99. The van der Waals surface area contributed by atoms with Gasteiger partial charge in [0.15, 0.2) is 0 Å². The Labute approximate surface area is 132 Å². The second-order valence-electron chi connectivity index (χ2n) is 5.96. The molecule has 2 rings (SSSR count). The first-order chi connectivity index (χ1) is 9.72. The fourth-order valence-electron chi connectivity index (χ4n) is 2.94. The summed E-state index contributed by atoms with van der Waals surface area (Å²) < 4.78 is 5.63. The van der Waals surface area contributed by atoms with Crippen molar-refractivity contribution in [3.8, 4) is 0 Å². The number of ether oxygens (including phenoxy) is 1. The summed E-state index contributed by atoms with van der Waals surface area (Å²) in [6.07, 6.45) is 8.01. The molecule has 1 aromatic rings. The zero-order chi connectivity index (χ0) is 14.4. The summed E-state index contributed by atoms with van der Waals surface area (Å²) in [4.78, 5) is 0.496. The van der Waals surface area contributed by atoms with E-state index >= 15 is 0 Å². The Kier molecular flexibility index (Phi) is 6.57. The minimum atomic E-state index is 0.496. The average Bonchev–Trinajstić information content (AvgIpc) is 2.43. The Hall–Kier alpha value is -0.340. The van der Waals surface area contributed by atoms with Crippen LogP contribution in [0.5, 0.6) is 0 Å². The fourth-order valence-corrected chi connectivity index (χ4v) is 3.78. The third-order valence-corrected chi connectivity index (χ3v) is 5.20. The van der Waals surface area contributed by atoms with E-state index in [-0.39, 0.29) is 0 Å². The highest BCUT2D eigenvalue weighted by atomic mass is 79.9. The number of alkyl halides is 1. The molecule has 1 nitrogen and oxygen atoms in total. The molecule has 0 bridgehead atoms. The van der Waals surface area contributed by atoms with Gasteiger partial charge in [0, 0.05) is 11.4 Å². The zero-order valence-electron chi connectivity index (χ0n) is 12.8. The largest absolute Gasteiger partial charge is 0.378 e. The monoisotopic (exact) mass is 338 g/mol. The Morgan fingerprint density at radius 3 is 2.50 bits per heavy atom. The van der Waals surface area contributed by atoms with Gasteiger partial charge in [-0.1, -0.05) is 53.5 Å². The highest BCUT2D eigenvalue weighted by Crippen LogP contribution is 2.40. The Morgan fingerprint density at radius 2 is 1.90 bits per heavy atom. The number of benzene rings is 1. The number of unbranched alkanes of at least 4 members (excludes halogenated alkanes) is 1. The SMILES string of the molecule is CCCCc1ccc(C(Br)CC2CC(OCC)C2)cc1. The van der Waals surface area contributed by atoms with E-state index in [2.05, 4.69) is 54.0 Å². The third kappa shape index (κ3) is 4.60. The van der Waals surface area contributed by atoms with Crippen molar-refractivity contribution in [1.29, 1.82) is 0 Å².